The third-order valence-electron chi connectivity index (χ3n) is 3.85. The van der Waals surface area contributed by atoms with Gasteiger partial charge in [-0.05, 0) is 40.5 Å². The first-order valence-electron chi connectivity index (χ1n) is 7.10. The van der Waals surface area contributed by atoms with Gasteiger partial charge in [0.05, 0.1) is 5.92 Å². The van der Waals surface area contributed by atoms with Crippen LogP contribution < -0.4 is 0 Å². The normalized spacial score (nSPS) is 12.2. The molecule has 0 saturated heterocycles. The monoisotopic (exact) mass is 310 g/mol. The number of fused-ring (bicyclic) bond motifs is 1. The Morgan fingerprint density at radius 1 is 0.955 bits per heavy atom. The first-order valence-corrected chi connectivity index (χ1v) is 7.48. The van der Waals surface area contributed by atoms with E-state index in [2.05, 4.69) is 0 Å². The van der Waals surface area contributed by atoms with Crippen molar-refractivity contribution >= 4 is 28.3 Å². The molecule has 0 aromatic heterocycles. The van der Waals surface area contributed by atoms with Crippen molar-refractivity contribution in [3.05, 3.63) is 82.9 Å². The lowest BCUT2D eigenvalue weighted by Gasteiger charge is -2.15. The van der Waals surface area contributed by atoms with Crippen molar-refractivity contribution in [3.8, 4) is 0 Å². The standard InChI is InChI=1S/C19H15ClO2/c20-15-10-8-13(9-11-15)12-18(19(21)22)17-7-3-5-14-4-1-2-6-16(14)17/h1-11,18H,12H2,(H,21,22)/t18-/m0/s1. The second-order valence-electron chi connectivity index (χ2n) is 5.29. The quantitative estimate of drug-likeness (QED) is 0.744. The zero-order valence-corrected chi connectivity index (χ0v) is 12.6. The Balaban J connectivity index is 2.03. The second-order valence-corrected chi connectivity index (χ2v) is 5.73. The summed E-state index contributed by atoms with van der Waals surface area (Å²) in [6, 6.07) is 21.0. The van der Waals surface area contributed by atoms with E-state index in [-0.39, 0.29) is 0 Å². The number of carboxylic acids is 1. The van der Waals surface area contributed by atoms with E-state index in [1.54, 1.807) is 12.1 Å². The summed E-state index contributed by atoms with van der Waals surface area (Å²) in [5.74, 6) is -1.39. The number of halogens is 1. The van der Waals surface area contributed by atoms with Gasteiger partial charge < -0.3 is 5.11 Å². The fraction of sp³-hybridized carbons (Fsp3) is 0.105. The van der Waals surface area contributed by atoms with E-state index in [0.29, 0.717) is 11.4 Å². The Kier molecular flexibility index (Phi) is 4.12. The molecule has 3 heteroatoms. The predicted octanol–water partition coefficient (Wildman–Crippen LogP) is 4.90. The van der Waals surface area contributed by atoms with E-state index in [1.807, 2.05) is 54.6 Å². The first-order chi connectivity index (χ1) is 10.6. The summed E-state index contributed by atoms with van der Waals surface area (Å²) < 4.78 is 0. The molecule has 3 aromatic carbocycles. The molecule has 0 aliphatic carbocycles. The van der Waals surface area contributed by atoms with E-state index in [0.717, 1.165) is 21.9 Å². The molecule has 22 heavy (non-hydrogen) atoms. The molecule has 0 amide bonds. The van der Waals surface area contributed by atoms with Gasteiger partial charge in [-0.1, -0.05) is 66.2 Å². The van der Waals surface area contributed by atoms with Gasteiger partial charge in [0.2, 0.25) is 0 Å². The third-order valence-corrected chi connectivity index (χ3v) is 4.10. The van der Waals surface area contributed by atoms with E-state index in [9.17, 15) is 9.90 Å². The first kappa shape index (κ1) is 14.6. The third kappa shape index (κ3) is 2.97. The molecule has 3 rings (SSSR count). The Morgan fingerprint density at radius 3 is 2.36 bits per heavy atom. The van der Waals surface area contributed by atoms with Crippen LogP contribution in [0.2, 0.25) is 5.02 Å². The van der Waals surface area contributed by atoms with Crippen molar-refractivity contribution in [1.29, 1.82) is 0 Å². The van der Waals surface area contributed by atoms with E-state index >= 15 is 0 Å². The summed E-state index contributed by atoms with van der Waals surface area (Å²) in [7, 11) is 0. The van der Waals surface area contributed by atoms with Gasteiger partial charge in [-0.2, -0.15) is 0 Å². The fourth-order valence-electron chi connectivity index (χ4n) is 2.74. The van der Waals surface area contributed by atoms with Gasteiger partial charge in [0.15, 0.2) is 0 Å². The minimum absolute atomic E-state index is 0.445. The maximum atomic E-state index is 11.8. The summed E-state index contributed by atoms with van der Waals surface area (Å²) in [5, 5.41) is 12.4. The average molecular weight is 311 g/mol. The molecule has 2 nitrogen and oxygen atoms in total. The molecule has 1 atom stereocenters. The Hall–Kier alpha value is -2.32. The molecule has 1 N–H and O–H groups in total. The Labute approximate surface area is 134 Å². The van der Waals surface area contributed by atoms with E-state index in [4.69, 9.17) is 11.6 Å². The number of aliphatic carboxylic acids is 1. The van der Waals surface area contributed by atoms with Crippen LogP contribution in [0, 0.1) is 0 Å². The van der Waals surface area contributed by atoms with Crippen LogP contribution in [0.3, 0.4) is 0 Å². The number of hydrogen-bond donors (Lipinski definition) is 1. The second kappa shape index (κ2) is 6.20. The van der Waals surface area contributed by atoms with Crippen molar-refractivity contribution in [2.75, 3.05) is 0 Å². The van der Waals surface area contributed by atoms with Crippen LogP contribution in [-0.4, -0.2) is 11.1 Å². The van der Waals surface area contributed by atoms with Crippen molar-refractivity contribution in [2.45, 2.75) is 12.3 Å². The molecule has 0 fully saturated rings. The molecular weight excluding hydrogens is 296 g/mol. The molecule has 0 radical (unpaired) electrons. The van der Waals surface area contributed by atoms with Gasteiger partial charge in [-0.15, -0.1) is 0 Å². The molecule has 3 aromatic rings. The van der Waals surface area contributed by atoms with Gasteiger partial charge in [0.1, 0.15) is 0 Å². The largest absolute Gasteiger partial charge is 0.481 e. The minimum Gasteiger partial charge on any atom is -0.481 e. The van der Waals surface area contributed by atoms with Crippen molar-refractivity contribution in [1.82, 2.24) is 0 Å². The number of carboxylic acid groups (broad SMARTS) is 1. The van der Waals surface area contributed by atoms with Gasteiger partial charge in [-0.25, -0.2) is 0 Å². The van der Waals surface area contributed by atoms with E-state index in [1.165, 1.54) is 0 Å². The lowest BCUT2D eigenvalue weighted by atomic mass is 9.88. The molecule has 0 aliphatic heterocycles. The van der Waals surface area contributed by atoms with Gasteiger partial charge in [0.25, 0.3) is 0 Å². The molecule has 0 heterocycles. The summed E-state index contributed by atoms with van der Waals surface area (Å²) in [6.07, 6.45) is 0.445. The maximum Gasteiger partial charge on any atom is 0.311 e. The molecule has 0 saturated carbocycles. The van der Waals surface area contributed by atoms with Crippen molar-refractivity contribution in [2.24, 2.45) is 0 Å². The lowest BCUT2D eigenvalue weighted by Crippen LogP contribution is -2.14. The molecule has 110 valence electrons. The van der Waals surface area contributed by atoms with Crippen molar-refractivity contribution in [3.63, 3.8) is 0 Å². The van der Waals surface area contributed by atoms with Crippen molar-refractivity contribution < 1.29 is 9.90 Å². The molecular formula is C19H15ClO2. The molecule has 0 unspecified atom stereocenters. The highest BCUT2D eigenvalue weighted by Gasteiger charge is 2.22. The fourth-order valence-corrected chi connectivity index (χ4v) is 2.87. The highest BCUT2D eigenvalue weighted by Crippen LogP contribution is 2.29. The topological polar surface area (TPSA) is 37.3 Å². The van der Waals surface area contributed by atoms with Crippen LogP contribution >= 0.6 is 11.6 Å². The van der Waals surface area contributed by atoms with Crippen LogP contribution in [0.4, 0.5) is 0 Å². The number of rotatable bonds is 4. The van der Waals surface area contributed by atoms with Crippen LogP contribution in [0.5, 0.6) is 0 Å². The summed E-state index contributed by atoms with van der Waals surface area (Å²) >= 11 is 5.89. The maximum absolute atomic E-state index is 11.8. The minimum atomic E-state index is -0.814. The highest BCUT2D eigenvalue weighted by molar-refractivity contribution is 6.30. The Morgan fingerprint density at radius 2 is 1.64 bits per heavy atom. The Bertz CT molecular complexity index is 804. The van der Waals surface area contributed by atoms with E-state index < -0.39 is 11.9 Å². The summed E-state index contributed by atoms with van der Waals surface area (Å²) in [5.41, 5.74) is 1.81. The number of benzene rings is 3. The lowest BCUT2D eigenvalue weighted by molar-refractivity contribution is -0.138. The highest BCUT2D eigenvalue weighted by atomic mass is 35.5. The average Bonchev–Trinajstić information content (AvgIpc) is 2.54. The van der Waals surface area contributed by atoms with Crippen LogP contribution in [0.1, 0.15) is 17.0 Å². The SMILES string of the molecule is O=C(O)[C@@H](Cc1ccc(Cl)cc1)c1cccc2ccccc12. The summed E-state index contributed by atoms with van der Waals surface area (Å²) in [4.78, 5) is 11.8. The zero-order valence-electron chi connectivity index (χ0n) is 11.9. The number of hydrogen-bond acceptors (Lipinski definition) is 1. The van der Waals surface area contributed by atoms with Gasteiger partial charge in [0, 0.05) is 5.02 Å². The predicted molar refractivity (Wildman–Crippen MR) is 89.5 cm³/mol. The molecule has 0 aliphatic rings. The van der Waals surface area contributed by atoms with Crippen LogP contribution in [-0.2, 0) is 11.2 Å². The summed E-state index contributed by atoms with van der Waals surface area (Å²) in [6.45, 7) is 0. The van der Waals surface area contributed by atoms with Gasteiger partial charge in [-0.3, -0.25) is 4.79 Å². The number of carbonyl (C=O) groups is 1. The smallest absolute Gasteiger partial charge is 0.311 e. The van der Waals surface area contributed by atoms with Crippen LogP contribution in [0.25, 0.3) is 10.8 Å². The molecule has 0 bridgehead atoms. The van der Waals surface area contributed by atoms with Gasteiger partial charge >= 0.3 is 5.97 Å². The zero-order chi connectivity index (χ0) is 15.5. The van der Waals surface area contributed by atoms with Crippen LogP contribution in [0.15, 0.2) is 66.7 Å². The molecule has 0 spiro atoms.